The van der Waals surface area contributed by atoms with Crippen molar-refractivity contribution >= 4 is 11.8 Å². The number of carbonyl (C=O) groups is 2. The Balaban J connectivity index is 1.60. The second kappa shape index (κ2) is 7.37. The van der Waals surface area contributed by atoms with Crippen molar-refractivity contribution in [1.82, 2.24) is 10.2 Å². The molecule has 4 nitrogen and oxygen atoms in total. The smallest absolute Gasteiger partial charge is 0.251 e. The fourth-order valence-electron chi connectivity index (χ4n) is 4.05. The molecule has 0 bridgehead atoms. The Hall–Kier alpha value is -1.84. The highest BCUT2D eigenvalue weighted by Crippen LogP contribution is 2.40. The number of hydrogen-bond donors (Lipinski definition) is 1. The molecule has 1 saturated heterocycles. The number of hydrogen-bond acceptors (Lipinski definition) is 2. The van der Waals surface area contributed by atoms with Crippen molar-refractivity contribution in [3.05, 3.63) is 35.4 Å². The summed E-state index contributed by atoms with van der Waals surface area (Å²) in [6, 6.07) is 7.69. The van der Waals surface area contributed by atoms with Crippen LogP contribution < -0.4 is 5.32 Å². The van der Waals surface area contributed by atoms with Crippen LogP contribution in [0.3, 0.4) is 0 Å². The molecule has 4 heteroatoms. The second-order valence-electron chi connectivity index (χ2n) is 7.36. The average Bonchev–Trinajstić information content (AvgIpc) is 3.23. The summed E-state index contributed by atoms with van der Waals surface area (Å²) in [6.45, 7) is 4.44. The van der Waals surface area contributed by atoms with Crippen molar-refractivity contribution in [3.63, 3.8) is 0 Å². The van der Waals surface area contributed by atoms with Crippen molar-refractivity contribution in [2.75, 3.05) is 13.1 Å². The summed E-state index contributed by atoms with van der Waals surface area (Å²) >= 11 is 0. The zero-order chi connectivity index (χ0) is 17.0. The number of benzene rings is 1. The molecule has 130 valence electrons. The van der Waals surface area contributed by atoms with E-state index in [0.29, 0.717) is 23.9 Å². The Kier molecular flexibility index (Phi) is 5.22. The molecule has 1 aromatic rings. The van der Waals surface area contributed by atoms with Gasteiger partial charge < -0.3 is 10.2 Å². The minimum absolute atomic E-state index is 0.00400. The van der Waals surface area contributed by atoms with Crippen molar-refractivity contribution in [1.29, 1.82) is 0 Å². The maximum atomic E-state index is 12.5. The lowest BCUT2D eigenvalue weighted by Crippen LogP contribution is -2.35. The van der Waals surface area contributed by atoms with Gasteiger partial charge in [0.2, 0.25) is 5.91 Å². The van der Waals surface area contributed by atoms with Gasteiger partial charge in [-0.3, -0.25) is 9.59 Å². The normalized spacial score (nSPS) is 19.7. The third kappa shape index (κ3) is 3.80. The Morgan fingerprint density at radius 1 is 1.25 bits per heavy atom. The summed E-state index contributed by atoms with van der Waals surface area (Å²) in [5, 5.41) is 3.14. The molecule has 2 fully saturated rings. The minimum atomic E-state index is 0.00400. The molecule has 1 aliphatic heterocycles. The van der Waals surface area contributed by atoms with Crippen LogP contribution in [0.1, 0.15) is 67.8 Å². The van der Waals surface area contributed by atoms with E-state index in [1.165, 1.54) is 25.7 Å². The number of nitrogens with zero attached hydrogens (tertiary/aromatic N) is 1. The van der Waals surface area contributed by atoms with Crippen molar-refractivity contribution in [3.8, 4) is 0 Å². The van der Waals surface area contributed by atoms with Gasteiger partial charge in [-0.15, -0.1) is 0 Å². The number of nitrogens with one attached hydrogen (secondary N) is 1. The molecule has 1 aromatic carbocycles. The Morgan fingerprint density at radius 2 is 2.04 bits per heavy atom. The maximum Gasteiger partial charge on any atom is 0.251 e. The zero-order valence-electron chi connectivity index (χ0n) is 14.6. The zero-order valence-corrected chi connectivity index (χ0v) is 14.6. The van der Waals surface area contributed by atoms with E-state index in [-0.39, 0.29) is 11.8 Å². The molecule has 1 saturated carbocycles. The minimum Gasteiger partial charge on any atom is -0.351 e. The lowest BCUT2D eigenvalue weighted by atomic mass is 9.83. The highest BCUT2D eigenvalue weighted by Gasteiger charge is 2.32. The second-order valence-corrected chi connectivity index (χ2v) is 7.36. The Bertz CT molecular complexity index is 605. The quantitative estimate of drug-likeness (QED) is 0.869. The molecule has 1 heterocycles. The van der Waals surface area contributed by atoms with Crippen LogP contribution in [0.5, 0.6) is 0 Å². The predicted molar refractivity (Wildman–Crippen MR) is 94.6 cm³/mol. The topological polar surface area (TPSA) is 49.4 Å². The number of amides is 2. The molecule has 0 spiro atoms. The molecule has 0 unspecified atom stereocenters. The lowest BCUT2D eigenvalue weighted by molar-refractivity contribution is -0.128. The van der Waals surface area contributed by atoms with Crippen LogP contribution in [0.2, 0.25) is 0 Å². The largest absolute Gasteiger partial charge is 0.351 e. The van der Waals surface area contributed by atoms with Crippen LogP contribution in [0.4, 0.5) is 0 Å². The molecule has 0 aromatic heterocycles. The van der Waals surface area contributed by atoms with Gasteiger partial charge >= 0.3 is 0 Å². The van der Waals surface area contributed by atoms with E-state index in [0.717, 1.165) is 31.5 Å². The van der Waals surface area contributed by atoms with E-state index in [9.17, 15) is 9.59 Å². The molecule has 1 aliphatic carbocycles. The maximum absolute atomic E-state index is 12.5. The van der Waals surface area contributed by atoms with E-state index in [1.54, 1.807) is 0 Å². The first-order chi connectivity index (χ1) is 11.6. The molecule has 2 amide bonds. The third-order valence-electron chi connectivity index (χ3n) is 5.77. The van der Waals surface area contributed by atoms with Gasteiger partial charge in [-0.1, -0.05) is 31.9 Å². The van der Waals surface area contributed by atoms with Gasteiger partial charge in [-0.05, 0) is 48.8 Å². The van der Waals surface area contributed by atoms with E-state index >= 15 is 0 Å². The standard InChI is InChI=1S/C20H28N2O2/c1-2-20(10-3-4-11-20)15-21-19(24)17-8-5-7-16(13-17)14-22-12-6-9-18(22)23/h5,7-8,13H,2-4,6,9-12,14-15H2,1H3,(H,21,24). The van der Waals surface area contributed by atoms with E-state index in [2.05, 4.69) is 12.2 Å². The summed E-state index contributed by atoms with van der Waals surface area (Å²) in [6.07, 6.45) is 7.73. The molecule has 0 radical (unpaired) electrons. The van der Waals surface area contributed by atoms with Crippen molar-refractivity contribution in [2.24, 2.45) is 5.41 Å². The highest BCUT2D eigenvalue weighted by molar-refractivity contribution is 5.94. The Morgan fingerprint density at radius 3 is 2.71 bits per heavy atom. The van der Waals surface area contributed by atoms with Gasteiger partial charge in [-0.25, -0.2) is 0 Å². The number of likely N-dealkylation sites (tertiary alicyclic amines) is 1. The fraction of sp³-hybridized carbons (Fsp3) is 0.600. The Labute approximate surface area is 144 Å². The lowest BCUT2D eigenvalue weighted by Gasteiger charge is -2.27. The monoisotopic (exact) mass is 328 g/mol. The van der Waals surface area contributed by atoms with Gasteiger partial charge in [-0.2, -0.15) is 0 Å². The molecule has 1 N–H and O–H groups in total. The van der Waals surface area contributed by atoms with Gasteiger partial charge in [0.15, 0.2) is 0 Å². The van der Waals surface area contributed by atoms with Gasteiger partial charge in [0, 0.05) is 31.6 Å². The molecule has 24 heavy (non-hydrogen) atoms. The molecular weight excluding hydrogens is 300 g/mol. The highest BCUT2D eigenvalue weighted by atomic mass is 16.2. The summed E-state index contributed by atoms with van der Waals surface area (Å²) in [7, 11) is 0. The van der Waals surface area contributed by atoms with E-state index in [4.69, 9.17) is 0 Å². The first-order valence-corrected chi connectivity index (χ1v) is 9.27. The summed E-state index contributed by atoms with van der Waals surface area (Å²) in [5.74, 6) is 0.222. The third-order valence-corrected chi connectivity index (χ3v) is 5.77. The fourth-order valence-corrected chi connectivity index (χ4v) is 4.05. The van der Waals surface area contributed by atoms with Crippen molar-refractivity contribution in [2.45, 2.75) is 58.4 Å². The molecular formula is C20H28N2O2. The van der Waals surface area contributed by atoms with Crippen LogP contribution in [-0.2, 0) is 11.3 Å². The average molecular weight is 328 g/mol. The van der Waals surface area contributed by atoms with Crippen LogP contribution in [-0.4, -0.2) is 29.8 Å². The molecule has 3 rings (SSSR count). The number of carbonyl (C=O) groups excluding carboxylic acids is 2. The summed E-state index contributed by atoms with van der Waals surface area (Å²) in [4.78, 5) is 26.2. The SMILES string of the molecule is CCC1(CNC(=O)c2cccc(CN3CCCC3=O)c2)CCCC1. The van der Waals surface area contributed by atoms with Crippen LogP contribution in [0.25, 0.3) is 0 Å². The first kappa shape index (κ1) is 17.0. The van der Waals surface area contributed by atoms with Crippen LogP contribution in [0, 0.1) is 5.41 Å². The van der Waals surface area contributed by atoms with Crippen LogP contribution in [0.15, 0.2) is 24.3 Å². The van der Waals surface area contributed by atoms with Crippen molar-refractivity contribution < 1.29 is 9.59 Å². The molecule has 0 atom stereocenters. The summed E-state index contributed by atoms with van der Waals surface area (Å²) in [5.41, 5.74) is 2.03. The van der Waals surface area contributed by atoms with E-state index < -0.39 is 0 Å². The van der Waals surface area contributed by atoms with Gasteiger partial charge in [0.1, 0.15) is 0 Å². The van der Waals surface area contributed by atoms with E-state index in [1.807, 2.05) is 29.2 Å². The number of rotatable bonds is 6. The van der Waals surface area contributed by atoms with Gasteiger partial charge in [0.05, 0.1) is 0 Å². The predicted octanol–water partition coefficient (Wildman–Crippen LogP) is 3.51. The molecule has 2 aliphatic rings. The van der Waals surface area contributed by atoms with Crippen LogP contribution >= 0.6 is 0 Å². The summed E-state index contributed by atoms with van der Waals surface area (Å²) < 4.78 is 0. The van der Waals surface area contributed by atoms with Gasteiger partial charge in [0.25, 0.3) is 5.91 Å². The first-order valence-electron chi connectivity index (χ1n) is 9.27.